The van der Waals surface area contributed by atoms with Gasteiger partial charge >= 0.3 is 5.69 Å². The zero-order valence-corrected chi connectivity index (χ0v) is 11.8. The minimum Gasteiger partial charge on any atom is -0.335 e. The summed E-state index contributed by atoms with van der Waals surface area (Å²) in [6, 6.07) is 0.150. The average Bonchev–Trinajstić information content (AvgIpc) is 3.09. The highest BCUT2D eigenvalue weighted by molar-refractivity contribution is 5.70. The molecule has 0 radical (unpaired) electrons. The van der Waals surface area contributed by atoms with Gasteiger partial charge in [0.1, 0.15) is 11.3 Å². The van der Waals surface area contributed by atoms with Crippen molar-refractivity contribution in [3.05, 3.63) is 26.7 Å². The molecule has 0 saturated carbocycles. The molecule has 3 rings (SSSR count). The molecule has 0 spiro atoms. The van der Waals surface area contributed by atoms with E-state index in [-0.39, 0.29) is 17.3 Å². The van der Waals surface area contributed by atoms with Crippen molar-refractivity contribution in [1.82, 2.24) is 24.4 Å². The van der Waals surface area contributed by atoms with Gasteiger partial charge in [0.05, 0.1) is 6.04 Å². The lowest BCUT2D eigenvalue weighted by Crippen LogP contribution is -2.38. The highest BCUT2D eigenvalue weighted by Gasteiger charge is 2.22. The van der Waals surface area contributed by atoms with Crippen molar-refractivity contribution in [3.63, 3.8) is 0 Å². The molecule has 108 valence electrons. The van der Waals surface area contributed by atoms with Crippen LogP contribution in [0, 0.1) is 0 Å². The molecule has 2 N–H and O–H groups in total. The molecule has 0 aromatic carbocycles. The Labute approximate surface area is 115 Å². The summed E-state index contributed by atoms with van der Waals surface area (Å²) in [6.07, 6.45) is 2.91. The Morgan fingerprint density at radius 2 is 2.20 bits per heavy atom. The molecule has 7 heteroatoms. The van der Waals surface area contributed by atoms with Gasteiger partial charge in [0.25, 0.3) is 5.56 Å². The smallest absolute Gasteiger partial charge is 0.332 e. The van der Waals surface area contributed by atoms with E-state index in [2.05, 4.69) is 15.3 Å². The van der Waals surface area contributed by atoms with Crippen molar-refractivity contribution in [3.8, 4) is 0 Å². The van der Waals surface area contributed by atoms with Crippen molar-refractivity contribution in [2.45, 2.75) is 38.8 Å². The van der Waals surface area contributed by atoms with Crippen LogP contribution in [0.3, 0.4) is 0 Å². The molecule has 7 nitrogen and oxygen atoms in total. The van der Waals surface area contributed by atoms with Crippen molar-refractivity contribution in [2.75, 3.05) is 6.54 Å². The third-order valence-corrected chi connectivity index (χ3v) is 3.83. The van der Waals surface area contributed by atoms with Crippen LogP contribution in [0.5, 0.6) is 0 Å². The van der Waals surface area contributed by atoms with E-state index >= 15 is 0 Å². The second-order valence-corrected chi connectivity index (χ2v) is 5.27. The monoisotopic (exact) mass is 277 g/mol. The summed E-state index contributed by atoms with van der Waals surface area (Å²) >= 11 is 0. The maximum atomic E-state index is 12.2. The van der Waals surface area contributed by atoms with Crippen molar-refractivity contribution >= 4 is 11.2 Å². The number of H-pyrrole nitrogens is 1. The number of fused-ring (bicyclic) bond motifs is 1. The highest BCUT2D eigenvalue weighted by Crippen LogP contribution is 2.21. The molecular weight excluding hydrogens is 258 g/mol. The number of hydrogen-bond donors (Lipinski definition) is 2. The highest BCUT2D eigenvalue weighted by atomic mass is 16.2. The van der Waals surface area contributed by atoms with E-state index in [1.54, 1.807) is 4.57 Å². The summed E-state index contributed by atoms with van der Waals surface area (Å²) in [5.41, 5.74) is 0.281. The summed E-state index contributed by atoms with van der Waals surface area (Å²) < 4.78 is 2.72. The Hall–Kier alpha value is -1.89. The number of aromatic amines is 1. The number of aromatic nitrogens is 4. The Morgan fingerprint density at radius 3 is 2.85 bits per heavy atom. The van der Waals surface area contributed by atoms with Crippen LogP contribution in [0.4, 0.5) is 0 Å². The van der Waals surface area contributed by atoms with Crippen LogP contribution in [-0.2, 0) is 13.6 Å². The van der Waals surface area contributed by atoms with E-state index in [4.69, 9.17) is 0 Å². The molecule has 1 atom stereocenters. The average molecular weight is 277 g/mol. The lowest BCUT2D eigenvalue weighted by Gasteiger charge is -2.06. The van der Waals surface area contributed by atoms with E-state index in [9.17, 15) is 9.59 Å². The molecule has 1 fully saturated rings. The van der Waals surface area contributed by atoms with Crippen LogP contribution in [0.25, 0.3) is 11.2 Å². The number of imidazole rings is 1. The largest absolute Gasteiger partial charge is 0.335 e. The van der Waals surface area contributed by atoms with Crippen LogP contribution in [0.1, 0.15) is 38.1 Å². The lowest BCUT2D eigenvalue weighted by molar-refractivity contribution is 0.603. The fraction of sp³-hybridized carbons (Fsp3) is 0.615. The predicted octanol–water partition coefficient (Wildman–Crippen LogP) is 0.258. The van der Waals surface area contributed by atoms with Crippen LogP contribution in [0.15, 0.2) is 9.59 Å². The normalized spacial score (nSPS) is 19.0. The standard InChI is InChI=1S/C13H19N5O2/c1-3-7-18-11-9(12(19)17(2)13(18)20)15-10(16-11)8-5-4-6-14-8/h8,14H,3-7H2,1-2H3,(H,15,16). The van der Waals surface area contributed by atoms with Gasteiger partial charge < -0.3 is 10.3 Å². The molecule has 2 aromatic rings. The van der Waals surface area contributed by atoms with Crippen LogP contribution in [-0.4, -0.2) is 25.6 Å². The van der Waals surface area contributed by atoms with Gasteiger partial charge in [-0.3, -0.25) is 13.9 Å². The maximum absolute atomic E-state index is 12.2. The van der Waals surface area contributed by atoms with Crippen molar-refractivity contribution in [1.29, 1.82) is 0 Å². The number of nitrogens with one attached hydrogen (secondary N) is 2. The van der Waals surface area contributed by atoms with Crippen LogP contribution >= 0.6 is 0 Å². The van der Waals surface area contributed by atoms with Gasteiger partial charge in [-0.2, -0.15) is 0 Å². The van der Waals surface area contributed by atoms with E-state index < -0.39 is 0 Å². The minimum atomic E-state index is -0.311. The van der Waals surface area contributed by atoms with E-state index in [1.165, 1.54) is 7.05 Å². The van der Waals surface area contributed by atoms with E-state index in [0.717, 1.165) is 36.2 Å². The van der Waals surface area contributed by atoms with Gasteiger partial charge in [0.15, 0.2) is 5.65 Å². The molecule has 0 aliphatic carbocycles. The Morgan fingerprint density at radius 1 is 1.40 bits per heavy atom. The molecule has 1 saturated heterocycles. The fourth-order valence-corrected chi connectivity index (χ4v) is 2.76. The van der Waals surface area contributed by atoms with E-state index in [0.29, 0.717) is 17.7 Å². The van der Waals surface area contributed by atoms with Crippen molar-refractivity contribution < 1.29 is 0 Å². The quantitative estimate of drug-likeness (QED) is 0.842. The summed E-state index contributed by atoms with van der Waals surface area (Å²) in [4.78, 5) is 32.0. The van der Waals surface area contributed by atoms with Gasteiger partial charge in [0, 0.05) is 13.6 Å². The van der Waals surface area contributed by atoms with Gasteiger partial charge in [-0.25, -0.2) is 9.78 Å². The fourth-order valence-electron chi connectivity index (χ4n) is 2.76. The lowest BCUT2D eigenvalue weighted by atomic mass is 10.2. The topological polar surface area (TPSA) is 84.7 Å². The first-order chi connectivity index (χ1) is 9.63. The third kappa shape index (κ3) is 1.89. The molecule has 2 aromatic heterocycles. The second kappa shape index (κ2) is 4.90. The summed E-state index contributed by atoms with van der Waals surface area (Å²) in [5.74, 6) is 0.755. The molecule has 0 amide bonds. The Bertz CT molecular complexity index is 748. The first-order valence-corrected chi connectivity index (χ1v) is 7.06. The molecule has 1 unspecified atom stereocenters. The molecule has 1 aliphatic heterocycles. The SMILES string of the molecule is CCCn1c(=O)n(C)c(=O)c2[nH]c(C3CCCN3)nc21. The predicted molar refractivity (Wildman–Crippen MR) is 75.9 cm³/mol. The summed E-state index contributed by atoms with van der Waals surface area (Å²) in [5, 5.41) is 3.34. The zero-order chi connectivity index (χ0) is 14.3. The minimum absolute atomic E-state index is 0.150. The zero-order valence-electron chi connectivity index (χ0n) is 11.8. The molecule has 20 heavy (non-hydrogen) atoms. The van der Waals surface area contributed by atoms with E-state index in [1.807, 2.05) is 6.92 Å². The first kappa shape index (κ1) is 13.1. The van der Waals surface area contributed by atoms with Gasteiger partial charge in [0.2, 0.25) is 0 Å². The molecule has 1 aliphatic rings. The third-order valence-electron chi connectivity index (χ3n) is 3.83. The molecule has 3 heterocycles. The summed E-state index contributed by atoms with van der Waals surface area (Å²) in [7, 11) is 1.50. The molecule has 0 bridgehead atoms. The molecular formula is C13H19N5O2. The second-order valence-electron chi connectivity index (χ2n) is 5.27. The van der Waals surface area contributed by atoms with Crippen LogP contribution < -0.4 is 16.6 Å². The Kier molecular flexibility index (Phi) is 3.21. The van der Waals surface area contributed by atoms with Gasteiger partial charge in [-0.05, 0) is 25.8 Å². The van der Waals surface area contributed by atoms with Gasteiger partial charge in [-0.15, -0.1) is 0 Å². The Balaban J connectivity index is 2.25. The first-order valence-electron chi connectivity index (χ1n) is 7.06. The number of nitrogens with zero attached hydrogens (tertiary/aromatic N) is 3. The van der Waals surface area contributed by atoms with Crippen LogP contribution in [0.2, 0.25) is 0 Å². The van der Waals surface area contributed by atoms with Gasteiger partial charge in [-0.1, -0.05) is 6.92 Å². The van der Waals surface area contributed by atoms with Crippen molar-refractivity contribution in [2.24, 2.45) is 7.05 Å². The number of rotatable bonds is 3. The summed E-state index contributed by atoms with van der Waals surface area (Å²) in [6.45, 7) is 3.52. The maximum Gasteiger partial charge on any atom is 0.332 e. The number of hydrogen-bond acceptors (Lipinski definition) is 4. The number of aryl methyl sites for hydroxylation is 1.